The first-order valence-corrected chi connectivity index (χ1v) is 14.1. The minimum Gasteiger partial charge on any atom is -0.491 e. The Labute approximate surface area is 229 Å². The Morgan fingerprint density at radius 2 is 1.69 bits per heavy atom. The van der Waals surface area contributed by atoms with E-state index in [1.165, 1.54) is 24.3 Å². The molecule has 39 heavy (non-hydrogen) atoms. The number of hydrogen-bond acceptors (Lipinski definition) is 7. The van der Waals surface area contributed by atoms with Gasteiger partial charge in [0.25, 0.3) is 5.69 Å². The number of fused-ring (bicyclic) bond motifs is 2. The summed E-state index contributed by atoms with van der Waals surface area (Å²) >= 11 is 0. The van der Waals surface area contributed by atoms with Crippen LogP contribution in [-0.2, 0) is 19.0 Å². The van der Waals surface area contributed by atoms with Crippen LogP contribution in [-0.4, -0.2) is 34.5 Å². The number of nitrogens with zero attached hydrogens (tertiary/aromatic N) is 1. The largest absolute Gasteiger partial charge is 0.491 e. The second kappa shape index (κ2) is 9.20. The van der Waals surface area contributed by atoms with Crippen molar-refractivity contribution < 1.29 is 28.7 Å². The van der Waals surface area contributed by atoms with Crippen LogP contribution in [0.1, 0.15) is 84.5 Å². The van der Waals surface area contributed by atoms with E-state index in [2.05, 4.69) is 26.8 Å². The van der Waals surface area contributed by atoms with Crippen molar-refractivity contribution in [3.05, 3.63) is 63.1 Å². The molecule has 8 heteroatoms. The third-order valence-corrected chi connectivity index (χ3v) is 9.66. The fourth-order valence-corrected chi connectivity index (χ4v) is 8.19. The zero-order chi connectivity index (χ0) is 28.5. The number of carbonyl (C=O) groups is 2. The van der Waals surface area contributed by atoms with Crippen LogP contribution < -0.4 is 0 Å². The van der Waals surface area contributed by atoms with Gasteiger partial charge in [-0.3, -0.25) is 14.9 Å². The second-order valence-corrected chi connectivity index (χ2v) is 12.8. The monoisotopic (exact) mass is 537 g/mol. The van der Waals surface area contributed by atoms with E-state index in [9.17, 15) is 19.7 Å². The molecule has 210 valence electrons. The molecule has 4 aliphatic carbocycles. The zero-order valence-corrected chi connectivity index (χ0v) is 23.9. The number of rotatable bonds is 8. The van der Waals surface area contributed by atoms with E-state index in [0.717, 1.165) is 24.8 Å². The Bertz CT molecular complexity index is 1280. The lowest BCUT2D eigenvalue weighted by Crippen LogP contribution is -2.47. The SMILES string of the molecule is CC(C)OC1=C(OC(C)C)[C@@H]2C[C@@]34CC[C@@H](C(C)C)[C@]3(C)CC=C4[C@]2(OC(=O)c2ccc([N+](=O)[O-])cc2)C1=O. The third-order valence-electron chi connectivity index (χ3n) is 9.66. The van der Waals surface area contributed by atoms with Gasteiger partial charge in [0, 0.05) is 17.5 Å². The molecule has 8 nitrogen and oxygen atoms in total. The molecule has 1 aromatic carbocycles. The molecule has 4 aliphatic rings. The quantitative estimate of drug-likeness (QED) is 0.160. The fourth-order valence-electron chi connectivity index (χ4n) is 8.19. The molecule has 1 spiro atoms. The van der Waals surface area contributed by atoms with Crippen molar-refractivity contribution >= 4 is 17.4 Å². The Hall–Kier alpha value is -3.16. The van der Waals surface area contributed by atoms with E-state index >= 15 is 0 Å². The first-order valence-electron chi connectivity index (χ1n) is 14.1. The normalized spacial score (nSPS) is 33.0. The maximum absolute atomic E-state index is 14.5. The number of esters is 1. The average Bonchev–Trinajstić information content (AvgIpc) is 3.47. The predicted octanol–water partition coefficient (Wildman–Crippen LogP) is 6.54. The van der Waals surface area contributed by atoms with Crippen LogP contribution in [0.5, 0.6) is 0 Å². The number of Topliss-reactive ketones (excluding diaryl/α,β-unsaturated/α-hetero) is 1. The Kier molecular flexibility index (Phi) is 6.47. The molecule has 0 unspecified atom stereocenters. The van der Waals surface area contributed by atoms with E-state index in [-0.39, 0.29) is 45.8 Å². The number of ketones is 1. The highest BCUT2D eigenvalue weighted by atomic mass is 16.6. The molecule has 0 bridgehead atoms. The zero-order valence-electron chi connectivity index (χ0n) is 23.9. The molecule has 0 heterocycles. The van der Waals surface area contributed by atoms with Gasteiger partial charge in [-0.1, -0.05) is 26.8 Å². The van der Waals surface area contributed by atoms with Crippen LogP contribution in [0.3, 0.4) is 0 Å². The van der Waals surface area contributed by atoms with E-state index in [1.54, 1.807) is 0 Å². The minimum absolute atomic E-state index is 0.0596. The standard InChI is InChI=1S/C31H39NO7/c1-17(2)22-12-15-30-16-23-25(37-18(3)4)26(38-19(5)6)27(33)31(23,24(30)13-14-29(22,30)7)39-28(34)20-8-10-21(11-9-20)32(35)36/h8-11,13,17-19,22-23H,12,14-16H2,1-7H3/t22-,23-,29-,30+,31-/m0/s1. The number of carbonyl (C=O) groups excluding carboxylic acids is 2. The summed E-state index contributed by atoms with van der Waals surface area (Å²) in [6.45, 7) is 14.4. The average molecular weight is 538 g/mol. The van der Waals surface area contributed by atoms with Crippen molar-refractivity contribution in [2.45, 2.75) is 92.0 Å². The summed E-state index contributed by atoms with van der Waals surface area (Å²) in [5.74, 6) is 0.0181. The highest BCUT2D eigenvalue weighted by Gasteiger charge is 2.78. The van der Waals surface area contributed by atoms with Crippen LogP contribution in [0.4, 0.5) is 5.69 Å². The molecular formula is C31H39NO7. The maximum Gasteiger partial charge on any atom is 0.339 e. The van der Waals surface area contributed by atoms with Gasteiger partial charge in [-0.05, 0) is 88.3 Å². The predicted molar refractivity (Wildman–Crippen MR) is 145 cm³/mol. The maximum atomic E-state index is 14.5. The van der Waals surface area contributed by atoms with Gasteiger partial charge >= 0.3 is 5.97 Å². The van der Waals surface area contributed by atoms with Gasteiger partial charge in [0.1, 0.15) is 0 Å². The summed E-state index contributed by atoms with van der Waals surface area (Å²) in [6, 6.07) is 5.29. The van der Waals surface area contributed by atoms with Crippen LogP contribution in [0.2, 0.25) is 0 Å². The molecular weight excluding hydrogens is 498 g/mol. The number of hydrogen-bond donors (Lipinski definition) is 0. The van der Waals surface area contributed by atoms with Gasteiger partial charge in [-0.15, -0.1) is 0 Å². The van der Waals surface area contributed by atoms with Crippen molar-refractivity contribution in [3.63, 3.8) is 0 Å². The molecule has 0 radical (unpaired) electrons. The summed E-state index contributed by atoms with van der Waals surface area (Å²) in [5, 5.41) is 11.1. The van der Waals surface area contributed by atoms with Gasteiger partial charge in [-0.25, -0.2) is 4.79 Å². The van der Waals surface area contributed by atoms with Gasteiger partial charge < -0.3 is 14.2 Å². The first-order chi connectivity index (χ1) is 18.3. The van der Waals surface area contributed by atoms with Gasteiger partial charge in [0.05, 0.1) is 28.6 Å². The molecule has 0 amide bonds. The summed E-state index contributed by atoms with van der Waals surface area (Å²) < 4.78 is 18.8. The van der Waals surface area contributed by atoms with E-state index in [0.29, 0.717) is 24.0 Å². The number of non-ortho nitro benzene ring substituents is 1. The minimum atomic E-state index is -1.56. The number of nitro groups is 1. The molecule has 0 saturated heterocycles. The Morgan fingerprint density at radius 3 is 2.26 bits per heavy atom. The topological polar surface area (TPSA) is 105 Å². The van der Waals surface area contributed by atoms with Crippen molar-refractivity contribution in [2.75, 3.05) is 0 Å². The van der Waals surface area contributed by atoms with E-state index in [1.807, 2.05) is 27.7 Å². The van der Waals surface area contributed by atoms with Crippen LogP contribution in [0, 0.1) is 38.7 Å². The molecule has 0 aliphatic heterocycles. The summed E-state index contributed by atoms with van der Waals surface area (Å²) in [4.78, 5) is 38.8. The Morgan fingerprint density at radius 1 is 1.05 bits per heavy atom. The molecule has 0 N–H and O–H groups in total. The second-order valence-electron chi connectivity index (χ2n) is 12.8. The molecule has 2 fully saturated rings. The van der Waals surface area contributed by atoms with Gasteiger partial charge in [0.15, 0.2) is 5.76 Å². The van der Waals surface area contributed by atoms with E-state index in [4.69, 9.17) is 14.2 Å². The lowest BCUT2D eigenvalue weighted by Gasteiger charge is -2.43. The smallest absolute Gasteiger partial charge is 0.339 e. The van der Waals surface area contributed by atoms with E-state index < -0.39 is 22.4 Å². The summed E-state index contributed by atoms with van der Waals surface area (Å²) in [6.07, 6.45) is 5.12. The molecule has 1 aromatic rings. The fraction of sp³-hybridized carbons (Fsp3) is 0.613. The molecule has 5 rings (SSSR count). The lowest BCUT2D eigenvalue weighted by molar-refractivity contribution is -0.384. The highest BCUT2D eigenvalue weighted by Crippen LogP contribution is 2.77. The summed E-state index contributed by atoms with van der Waals surface area (Å²) in [7, 11) is 0. The first kappa shape index (κ1) is 27.4. The third kappa shape index (κ3) is 3.77. The van der Waals surface area contributed by atoms with Crippen LogP contribution in [0.15, 0.2) is 47.4 Å². The van der Waals surface area contributed by atoms with Crippen molar-refractivity contribution in [2.24, 2.45) is 28.6 Å². The highest BCUT2D eigenvalue weighted by molar-refractivity contribution is 6.09. The van der Waals surface area contributed by atoms with Crippen molar-refractivity contribution in [1.82, 2.24) is 0 Å². The number of ether oxygens (including phenoxy) is 3. The molecule has 5 atom stereocenters. The Balaban J connectivity index is 1.64. The summed E-state index contributed by atoms with van der Waals surface area (Å²) in [5.41, 5.74) is -0.987. The van der Waals surface area contributed by atoms with Crippen LogP contribution in [0.25, 0.3) is 0 Å². The molecule has 2 saturated carbocycles. The van der Waals surface area contributed by atoms with Gasteiger partial charge in [-0.2, -0.15) is 0 Å². The lowest BCUT2D eigenvalue weighted by atomic mass is 9.60. The number of allylic oxidation sites excluding steroid dienone is 1. The number of benzene rings is 1. The van der Waals surface area contributed by atoms with Crippen molar-refractivity contribution in [1.29, 1.82) is 0 Å². The van der Waals surface area contributed by atoms with Crippen LogP contribution >= 0.6 is 0 Å². The van der Waals surface area contributed by atoms with Gasteiger partial charge in [0.2, 0.25) is 17.1 Å². The number of nitro benzene ring substituents is 1. The molecule has 0 aromatic heterocycles. The van der Waals surface area contributed by atoms with Crippen molar-refractivity contribution in [3.8, 4) is 0 Å².